The Bertz CT molecular complexity index is 948. The number of hydrogen-bond donors (Lipinski definition) is 2. The first kappa shape index (κ1) is 19.3. The predicted octanol–water partition coefficient (Wildman–Crippen LogP) is 5.03. The molecular weight excluding hydrogens is 360 g/mol. The Morgan fingerprint density at radius 3 is 2.45 bits per heavy atom. The zero-order chi connectivity index (χ0) is 20.4. The van der Waals surface area contributed by atoms with Crippen LogP contribution in [0.4, 0.5) is 0 Å². The zero-order valence-corrected chi connectivity index (χ0v) is 17.3. The third-order valence-electron chi connectivity index (χ3n) is 5.63. The number of fused-ring (bicyclic) bond motifs is 1. The van der Waals surface area contributed by atoms with Crippen molar-refractivity contribution in [2.75, 3.05) is 0 Å². The summed E-state index contributed by atoms with van der Waals surface area (Å²) >= 11 is 0. The largest absolute Gasteiger partial charge is 0.489 e. The van der Waals surface area contributed by atoms with Crippen LogP contribution in [-0.4, -0.2) is 5.91 Å². The fraction of sp³-hybridized carbons (Fsp3) is 0.320. The summed E-state index contributed by atoms with van der Waals surface area (Å²) in [6, 6.07) is 15.8. The van der Waals surface area contributed by atoms with Gasteiger partial charge in [0.05, 0.1) is 0 Å². The molecule has 4 heteroatoms. The second-order valence-corrected chi connectivity index (χ2v) is 8.81. The van der Waals surface area contributed by atoms with E-state index in [1.165, 1.54) is 11.1 Å². The van der Waals surface area contributed by atoms with E-state index in [-0.39, 0.29) is 11.3 Å². The van der Waals surface area contributed by atoms with Gasteiger partial charge in [0.1, 0.15) is 12.4 Å². The van der Waals surface area contributed by atoms with Crippen molar-refractivity contribution in [2.24, 2.45) is 5.92 Å². The molecule has 4 nitrogen and oxygen atoms in total. The molecule has 0 aromatic heterocycles. The molecule has 2 N–H and O–H groups in total. The molecule has 2 aliphatic carbocycles. The summed E-state index contributed by atoms with van der Waals surface area (Å²) in [5, 5.41) is 0. The summed E-state index contributed by atoms with van der Waals surface area (Å²) in [5.41, 5.74) is 11.4. The minimum absolute atomic E-state index is 0.131. The molecule has 0 fully saturated rings. The lowest BCUT2D eigenvalue weighted by atomic mass is 9.84. The highest BCUT2D eigenvalue weighted by Gasteiger charge is 2.30. The van der Waals surface area contributed by atoms with Crippen LogP contribution in [0.25, 0.3) is 0 Å². The second kappa shape index (κ2) is 7.78. The van der Waals surface area contributed by atoms with E-state index < -0.39 is 0 Å². The molecule has 0 radical (unpaired) electrons. The number of amides is 1. The number of carbonyl (C=O) groups is 1. The molecule has 0 unspecified atom stereocenters. The van der Waals surface area contributed by atoms with Gasteiger partial charge in [-0.2, -0.15) is 0 Å². The average Bonchev–Trinajstić information content (AvgIpc) is 3.07. The molecule has 29 heavy (non-hydrogen) atoms. The fourth-order valence-electron chi connectivity index (χ4n) is 3.69. The molecule has 1 atom stereocenters. The Morgan fingerprint density at radius 1 is 1.07 bits per heavy atom. The first-order valence-electron chi connectivity index (χ1n) is 10.2. The summed E-state index contributed by atoms with van der Waals surface area (Å²) in [4.78, 5) is 12.3. The van der Waals surface area contributed by atoms with Crippen molar-refractivity contribution >= 4 is 5.91 Å². The van der Waals surface area contributed by atoms with Gasteiger partial charge in [0.15, 0.2) is 0 Å². The molecule has 0 saturated heterocycles. The van der Waals surface area contributed by atoms with Gasteiger partial charge >= 0.3 is 0 Å². The smallest absolute Gasteiger partial charge is 0.269 e. The summed E-state index contributed by atoms with van der Waals surface area (Å²) in [6.07, 6.45) is 6.47. The van der Waals surface area contributed by atoms with Gasteiger partial charge < -0.3 is 10.2 Å². The highest BCUT2D eigenvalue weighted by Crippen LogP contribution is 2.40. The van der Waals surface area contributed by atoms with Crippen molar-refractivity contribution in [2.45, 2.75) is 45.6 Å². The number of hydrogen-bond acceptors (Lipinski definition) is 3. The predicted molar refractivity (Wildman–Crippen MR) is 115 cm³/mol. The van der Waals surface area contributed by atoms with Crippen LogP contribution in [0.1, 0.15) is 55.1 Å². The Labute approximate surface area is 172 Å². The molecule has 150 valence electrons. The van der Waals surface area contributed by atoms with E-state index in [4.69, 9.17) is 4.74 Å². The van der Waals surface area contributed by atoms with Crippen molar-refractivity contribution < 1.29 is 9.53 Å². The lowest BCUT2D eigenvalue weighted by Crippen LogP contribution is -2.40. The van der Waals surface area contributed by atoms with E-state index in [0.717, 1.165) is 29.9 Å². The lowest BCUT2D eigenvalue weighted by molar-refractivity contribution is 0.0936. The number of benzene rings is 2. The lowest BCUT2D eigenvalue weighted by Gasteiger charge is -2.28. The number of rotatable bonds is 6. The second-order valence-electron chi connectivity index (χ2n) is 8.81. The van der Waals surface area contributed by atoms with Crippen LogP contribution in [0.2, 0.25) is 0 Å². The normalized spacial score (nSPS) is 17.6. The van der Waals surface area contributed by atoms with Gasteiger partial charge in [-0.25, -0.2) is 0 Å². The zero-order valence-electron chi connectivity index (χ0n) is 17.3. The van der Waals surface area contributed by atoms with E-state index in [1.54, 1.807) is 0 Å². The minimum Gasteiger partial charge on any atom is -0.489 e. The van der Waals surface area contributed by atoms with Crippen molar-refractivity contribution in [1.82, 2.24) is 10.9 Å². The van der Waals surface area contributed by atoms with Crippen LogP contribution in [0.5, 0.6) is 5.75 Å². The Hall–Kier alpha value is -3.01. The van der Waals surface area contributed by atoms with Crippen molar-refractivity contribution in [3.8, 4) is 5.75 Å². The first-order valence-corrected chi connectivity index (χ1v) is 10.2. The van der Waals surface area contributed by atoms with Gasteiger partial charge in [-0.3, -0.25) is 10.2 Å². The van der Waals surface area contributed by atoms with Crippen LogP contribution >= 0.6 is 0 Å². The number of allylic oxidation sites excluding steroid dienone is 4. The van der Waals surface area contributed by atoms with Crippen LogP contribution in [0.3, 0.4) is 0 Å². The molecule has 2 aromatic carbocycles. The highest BCUT2D eigenvalue weighted by molar-refractivity contribution is 5.94. The van der Waals surface area contributed by atoms with Crippen LogP contribution in [-0.2, 0) is 12.0 Å². The standard InChI is InChI=1S/C25H28N2O2/c1-25(2,3)20-11-13-21(14-12-20)29-16-17-7-9-18(10-8-17)24(28)27-26-23-15-19-5-4-6-22(19)23/h4,6-14,19,26H,5,15-16H2,1-3H3,(H,27,28)/t19-/m1/s1. The molecule has 0 bridgehead atoms. The summed E-state index contributed by atoms with van der Waals surface area (Å²) in [7, 11) is 0. The van der Waals surface area contributed by atoms with Crippen LogP contribution in [0, 0.1) is 5.92 Å². The summed E-state index contributed by atoms with van der Waals surface area (Å²) < 4.78 is 5.88. The molecule has 0 heterocycles. The molecular formula is C25H28N2O2. The summed E-state index contributed by atoms with van der Waals surface area (Å²) in [5.74, 6) is 1.37. The number of hydrazine groups is 1. The van der Waals surface area contributed by atoms with Gasteiger partial charge in [0.25, 0.3) is 5.91 Å². The average molecular weight is 389 g/mol. The Kier molecular flexibility index (Phi) is 5.18. The van der Waals surface area contributed by atoms with E-state index in [1.807, 2.05) is 36.4 Å². The maximum Gasteiger partial charge on any atom is 0.269 e. The van der Waals surface area contributed by atoms with Crippen LogP contribution < -0.4 is 15.6 Å². The van der Waals surface area contributed by atoms with E-state index >= 15 is 0 Å². The highest BCUT2D eigenvalue weighted by atomic mass is 16.5. The molecule has 0 spiro atoms. The minimum atomic E-state index is -0.131. The van der Waals surface area contributed by atoms with Gasteiger partial charge in [0.2, 0.25) is 0 Å². The maximum absolute atomic E-state index is 12.3. The van der Waals surface area contributed by atoms with Gasteiger partial charge in [-0.05, 0) is 65.1 Å². The SMILES string of the molecule is CC(C)(C)c1ccc(OCc2ccc(C(=O)NNC3=C4C=CC[C@@H]4C3)cc2)cc1. The number of ether oxygens (including phenoxy) is 1. The third kappa shape index (κ3) is 4.37. The van der Waals surface area contributed by atoms with E-state index in [2.05, 4.69) is 55.9 Å². The molecule has 2 aromatic rings. The van der Waals surface area contributed by atoms with E-state index in [9.17, 15) is 4.79 Å². The van der Waals surface area contributed by atoms with Gasteiger partial charge in [-0.1, -0.05) is 57.2 Å². The molecule has 1 amide bonds. The van der Waals surface area contributed by atoms with Crippen molar-refractivity contribution in [1.29, 1.82) is 0 Å². The topological polar surface area (TPSA) is 50.4 Å². The quantitative estimate of drug-likeness (QED) is 0.682. The van der Waals surface area contributed by atoms with Crippen molar-refractivity contribution in [3.63, 3.8) is 0 Å². The van der Waals surface area contributed by atoms with Crippen LogP contribution in [0.15, 0.2) is 72.0 Å². The Morgan fingerprint density at radius 2 is 1.79 bits per heavy atom. The number of carbonyl (C=O) groups excluding carboxylic acids is 1. The third-order valence-corrected chi connectivity index (χ3v) is 5.63. The van der Waals surface area contributed by atoms with Gasteiger partial charge in [0, 0.05) is 11.3 Å². The summed E-state index contributed by atoms with van der Waals surface area (Å²) in [6.45, 7) is 7.06. The number of nitrogens with one attached hydrogen (secondary N) is 2. The molecule has 0 aliphatic heterocycles. The molecule has 4 rings (SSSR count). The molecule has 0 saturated carbocycles. The first-order chi connectivity index (χ1) is 13.9. The van der Waals surface area contributed by atoms with Gasteiger partial charge in [-0.15, -0.1) is 0 Å². The Balaban J connectivity index is 1.28. The van der Waals surface area contributed by atoms with Crippen molar-refractivity contribution in [3.05, 3.63) is 88.6 Å². The maximum atomic E-state index is 12.3. The fourth-order valence-corrected chi connectivity index (χ4v) is 3.69. The monoisotopic (exact) mass is 388 g/mol. The molecule has 2 aliphatic rings. The van der Waals surface area contributed by atoms with E-state index in [0.29, 0.717) is 18.1 Å².